The molecule has 0 aliphatic rings. The van der Waals surface area contributed by atoms with Gasteiger partial charge in [0.1, 0.15) is 4.99 Å². The van der Waals surface area contributed by atoms with Gasteiger partial charge in [-0.05, 0) is 19.4 Å². The quantitative estimate of drug-likeness (QED) is 0.645. The summed E-state index contributed by atoms with van der Waals surface area (Å²) < 4.78 is 28.0. The van der Waals surface area contributed by atoms with Crippen molar-refractivity contribution < 1.29 is 13.3 Å². The molecule has 0 radical (unpaired) electrons. The number of nitrogens with zero attached hydrogens (tertiary/aromatic N) is 1. The van der Waals surface area contributed by atoms with Gasteiger partial charge in [0.25, 0.3) is 0 Å². The van der Waals surface area contributed by atoms with Gasteiger partial charge in [0.2, 0.25) is 0 Å². The van der Waals surface area contributed by atoms with E-state index >= 15 is 0 Å². The molecular weight excluding hydrogens is 306 g/mol. The third kappa shape index (κ3) is 6.09. The van der Waals surface area contributed by atoms with Crippen LogP contribution in [-0.2, 0) is 15.8 Å². The molecule has 0 aliphatic carbocycles. The Kier molecular flexibility index (Phi) is 7.24. The zero-order chi connectivity index (χ0) is 15.9. The first-order valence-electron chi connectivity index (χ1n) is 7.02. The summed E-state index contributed by atoms with van der Waals surface area (Å²) in [7, 11) is -3.51. The van der Waals surface area contributed by atoms with Gasteiger partial charge >= 0.3 is 0 Å². The number of nitrogens with one attached hydrogen (secondary N) is 1. The number of benzene rings is 1. The lowest BCUT2D eigenvalue weighted by Gasteiger charge is -2.23. The summed E-state index contributed by atoms with van der Waals surface area (Å²) >= 11 is 4.94. The van der Waals surface area contributed by atoms with Gasteiger partial charge in [-0.3, -0.25) is 0 Å². The highest BCUT2D eigenvalue weighted by Gasteiger charge is 2.09. The van der Waals surface area contributed by atoms with Crippen LogP contribution in [0.25, 0.3) is 4.72 Å². The molecule has 118 valence electrons. The van der Waals surface area contributed by atoms with Crippen LogP contribution in [0.4, 0.5) is 0 Å². The van der Waals surface area contributed by atoms with E-state index in [-0.39, 0.29) is 10.7 Å². The number of quaternary nitrogens is 1. The normalized spacial score (nSPS) is 11.8. The number of hydrogen-bond acceptors (Lipinski definition) is 3. The highest BCUT2D eigenvalue weighted by molar-refractivity contribution is 7.93. The smallest absolute Gasteiger partial charge is 0.104 e. The van der Waals surface area contributed by atoms with Crippen molar-refractivity contribution >= 4 is 27.2 Å². The van der Waals surface area contributed by atoms with Crippen molar-refractivity contribution in [2.75, 3.05) is 26.2 Å². The lowest BCUT2D eigenvalue weighted by molar-refractivity contribution is -0.894. The molecular formula is C14H23N3O2S2. The summed E-state index contributed by atoms with van der Waals surface area (Å²) in [6, 6.07) is 7.00. The summed E-state index contributed by atoms with van der Waals surface area (Å²) in [6.45, 7) is 7.13. The van der Waals surface area contributed by atoms with Crippen LogP contribution in [0.1, 0.15) is 25.0 Å². The SMILES string of the molecule is CC[NH+](CC)CC[N-]S(=O)(=O)Cc1ccccc1C(N)=S. The summed E-state index contributed by atoms with van der Waals surface area (Å²) in [5.74, 6) is -0.159. The van der Waals surface area contributed by atoms with Crippen LogP contribution >= 0.6 is 12.2 Å². The average molecular weight is 329 g/mol. The molecule has 0 aliphatic heterocycles. The summed E-state index contributed by atoms with van der Waals surface area (Å²) in [6.07, 6.45) is 0. The Hall–Kier alpha value is -1.02. The van der Waals surface area contributed by atoms with E-state index in [1.807, 2.05) is 0 Å². The molecule has 0 fully saturated rings. The second kappa shape index (κ2) is 8.43. The number of likely N-dealkylation sites (N-methyl/N-ethyl adjacent to an activating group) is 1. The first-order valence-corrected chi connectivity index (χ1v) is 9.04. The Morgan fingerprint density at radius 2 is 1.90 bits per heavy atom. The molecule has 21 heavy (non-hydrogen) atoms. The van der Waals surface area contributed by atoms with Crippen LogP contribution < -0.4 is 10.6 Å². The fraction of sp³-hybridized carbons (Fsp3) is 0.500. The number of rotatable bonds is 9. The maximum absolute atomic E-state index is 12.1. The van der Waals surface area contributed by atoms with Crippen molar-refractivity contribution in [1.82, 2.24) is 0 Å². The van der Waals surface area contributed by atoms with Crippen molar-refractivity contribution in [3.05, 3.63) is 40.1 Å². The lowest BCUT2D eigenvalue weighted by Crippen LogP contribution is -3.11. The highest BCUT2D eigenvalue weighted by atomic mass is 32.2. The van der Waals surface area contributed by atoms with Crippen molar-refractivity contribution in [2.45, 2.75) is 19.6 Å². The highest BCUT2D eigenvalue weighted by Crippen LogP contribution is 2.15. The number of nitrogens with two attached hydrogens (primary N) is 1. The van der Waals surface area contributed by atoms with Crippen molar-refractivity contribution in [3.63, 3.8) is 0 Å². The fourth-order valence-electron chi connectivity index (χ4n) is 2.08. The zero-order valence-electron chi connectivity index (χ0n) is 12.5. The molecule has 0 aromatic heterocycles. The molecule has 0 saturated heterocycles. The van der Waals surface area contributed by atoms with Gasteiger partial charge < -0.3 is 15.4 Å². The second-order valence-corrected chi connectivity index (χ2v) is 6.96. The maximum Gasteiger partial charge on any atom is 0.104 e. The monoisotopic (exact) mass is 329 g/mol. The molecule has 0 unspecified atom stereocenters. The van der Waals surface area contributed by atoms with E-state index in [9.17, 15) is 8.42 Å². The van der Waals surface area contributed by atoms with Gasteiger partial charge in [0.15, 0.2) is 0 Å². The second-order valence-electron chi connectivity index (χ2n) is 4.81. The van der Waals surface area contributed by atoms with E-state index in [1.54, 1.807) is 24.3 Å². The minimum Gasteiger partial charge on any atom is -0.544 e. The first-order chi connectivity index (χ1) is 9.89. The van der Waals surface area contributed by atoms with Crippen molar-refractivity contribution in [3.8, 4) is 0 Å². The van der Waals surface area contributed by atoms with Gasteiger partial charge in [-0.15, -0.1) is 0 Å². The Morgan fingerprint density at radius 3 is 2.48 bits per heavy atom. The zero-order valence-corrected chi connectivity index (χ0v) is 14.1. The first kappa shape index (κ1) is 18.0. The molecule has 1 aromatic rings. The minimum atomic E-state index is -3.51. The molecule has 0 amide bonds. The van der Waals surface area contributed by atoms with Gasteiger partial charge in [0.05, 0.1) is 35.4 Å². The average Bonchev–Trinajstić information content (AvgIpc) is 2.43. The van der Waals surface area contributed by atoms with Crippen LogP contribution in [0.3, 0.4) is 0 Å². The van der Waals surface area contributed by atoms with E-state index in [1.165, 1.54) is 4.90 Å². The van der Waals surface area contributed by atoms with Crippen LogP contribution in [0.15, 0.2) is 24.3 Å². The third-order valence-corrected chi connectivity index (χ3v) is 4.85. The lowest BCUT2D eigenvalue weighted by atomic mass is 10.1. The summed E-state index contributed by atoms with van der Waals surface area (Å²) in [5.41, 5.74) is 6.81. The molecule has 0 heterocycles. The van der Waals surface area contributed by atoms with E-state index in [0.717, 1.165) is 19.6 Å². The van der Waals surface area contributed by atoms with Gasteiger partial charge in [-0.25, -0.2) is 8.42 Å². The summed E-state index contributed by atoms with van der Waals surface area (Å²) in [4.78, 5) is 1.53. The topological polar surface area (TPSA) is 78.7 Å². The van der Waals surface area contributed by atoms with Crippen LogP contribution in [-0.4, -0.2) is 39.6 Å². The van der Waals surface area contributed by atoms with Crippen LogP contribution in [0, 0.1) is 0 Å². The van der Waals surface area contributed by atoms with Crippen molar-refractivity contribution in [1.29, 1.82) is 0 Å². The molecule has 5 nitrogen and oxygen atoms in total. The number of sulfonamides is 1. The Bertz CT molecular complexity index is 569. The molecule has 0 spiro atoms. The Labute approximate surface area is 132 Å². The molecule has 0 bridgehead atoms. The van der Waals surface area contributed by atoms with Gasteiger partial charge in [-0.1, -0.05) is 43.0 Å². The fourth-order valence-corrected chi connectivity index (χ4v) is 3.38. The third-order valence-electron chi connectivity index (χ3n) is 3.37. The molecule has 0 saturated carbocycles. The predicted octanol–water partition coefficient (Wildman–Crippen LogP) is 0.449. The Morgan fingerprint density at radius 1 is 1.29 bits per heavy atom. The van der Waals surface area contributed by atoms with Crippen LogP contribution in [0.5, 0.6) is 0 Å². The van der Waals surface area contributed by atoms with E-state index in [0.29, 0.717) is 17.7 Å². The summed E-state index contributed by atoms with van der Waals surface area (Å²) in [5, 5.41) is 0. The number of hydrogen-bond donors (Lipinski definition) is 2. The maximum atomic E-state index is 12.1. The molecule has 1 rings (SSSR count). The predicted molar refractivity (Wildman–Crippen MR) is 90.1 cm³/mol. The minimum absolute atomic E-state index is 0.159. The van der Waals surface area contributed by atoms with Gasteiger partial charge in [-0.2, -0.15) is 0 Å². The van der Waals surface area contributed by atoms with Gasteiger partial charge in [0, 0.05) is 5.56 Å². The molecule has 0 atom stereocenters. The molecule has 1 aromatic carbocycles. The van der Waals surface area contributed by atoms with E-state index in [4.69, 9.17) is 18.0 Å². The largest absolute Gasteiger partial charge is 0.544 e. The molecule has 3 N–H and O–H groups in total. The molecule has 7 heteroatoms. The number of thiocarbonyl (C=S) groups is 1. The van der Waals surface area contributed by atoms with Crippen LogP contribution in [0.2, 0.25) is 0 Å². The Balaban J connectivity index is 2.67. The standard InChI is InChI=1S/C14H22N3O2S2/c1-3-17(4-2)10-9-16-21(18,19)11-12-7-5-6-8-13(12)14(15)20/h5-8H,3-4,9-11H2,1-2H3,(H2,15,20)/q-1/p+1. The van der Waals surface area contributed by atoms with E-state index < -0.39 is 10.0 Å². The van der Waals surface area contributed by atoms with E-state index in [2.05, 4.69) is 18.6 Å². The van der Waals surface area contributed by atoms with Crippen molar-refractivity contribution in [2.24, 2.45) is 5.73 Å².